The number of amides is 1. The van der Waals surface area contributed by atoms with Crippen molar-refractivity contribution < 1.29 is 9.53 Å². The van der Waals surface area contributed by atoms with Gasteiger partial charge in [-0.25, -0.2) is 0 Å². The first-order chi connectivity index (χ1) is 9.10. The summed E-state index contributed by atoms with van der Waals surface area (Å²) in [5, 5.41) is 2.97. The molecule has 0 spiro atoms. The Labute approximate surface area is 115 Å². The van der Waals surface area contributed by atoms with Gasteiger partial charge in [0.25, 0.3) is 5.91 Å². The van der Waals surface area contributed by atoms with Crippen LogP contribution in [0.5, 0.6) is 5.75 Å². The molecule has 1 unspecified atom stereocenters. The van der Waals surface area contributed by atoms with Crippen LogP contribution >= 0.6 is 0 Å². The zero-order valence-corrected chi connectivity index (χ0v) is 12.0. The fourth-order valence-electron chi connectivity index (χ4n) is 2.03. The van der Waals surface area contributed by atoms with Gasteiger partial charge in [-0.2, -0.15) is 0 Å². The molecule has 0 aliphatic carbocycles. The molecular formula is C15H24N2O2. The maximum atomic E-state index is 12.2. The van der Waals surface area contributed by atoms with Crippen LogP contribution in [-0.4, -0.2) is 19.1 Å². The molecule has 19 heavy (non-hydrogen) atoms. The molecule has 0 bridgehead atoms. The molecule has 1 aromatic carbocycles. The van der Waals surface area contributed by atoms with Gasteiger partial charge in [0, 0.05) is 11.7 Å². The summed E-state index contributed by atoms with van der Waals surface area (Å²) in [6.07, 6.45) is 4.48. The number of carbonyl (C=O) groups excluding carboxylic acids is 1. The number of benzene rings is 1. The van der Waals surface area contributed by atoms with Crippen LogP contribution in [0.1, 0.15) is 49.9 Å². The molecule has 4 heteroatoms. The second kappa shape index (κ2) is 7.67. The lowest BCUT2D eigenvalue weighted by atomic mass is 10.1. The van der Waals surface area contributed by atoms with Crippen LogP contribution in [0.25, 0.3) is 0 Å². The zero-order chi connectivity index (χ0) is 14.3. The minimum Gasteiger partial charge on any atom is -0.496 e. The topological polar surface area (TPSA) is 64.4 Å². The molecule has 0 saturated carbocycles. The maximum absolute atomic E-state index is 12.2. The zero-order valence-electron chi connectivity index (χ0n) is 12.0. The van der Waals surface area contributed by atoms with Crippen molar-refractivity contribution in [3.63, 3.8) is 0 Å². The van der Waals surface area contributed by atoms with Crippen molar-refractivity contribution in [2.75, 3.05) is 12.8 Å². The molecule has 1 rings (SSSR count). The Morgan fingerprint density at radius 1 is 1.42 bits per heavy atom. The summed E-state index contributed by atoms with van der Waals surface area (Å²) in [7, 11) is 1.54. The Morgan fingerprint density at radius 2 is 2.16 bits per heavy atom. The molecule has 106 valence electrons. The Bertz CT molecular complexity index is 419. The molecule has 1 amide bonds. The normalized spacial score (nSPS) is 11.9. The lowest BCUT2D eigenvalue weighted by molar-refractivity contribution is 0.0936. The van der Waals surface area contributed by atoms with Crippen molar-refractivity contribution in [2.24, 2.45) is 0 Å². The lowest BCUT2D eigenvalue weighted by Gasteiger charge is -2.16. The van der Waals surface area contributed by atoms with Crippen LogP contribution in [0.15, 0.2) is 18.2 Å². The van der Waals surface area contributed by atoms with Crippen LogP contribution in [0.3, 0.4) is 0 Å². The highest BCUT2D eigenvalue weighted by atomic mass is 16.5. The van der Waals surface area contributed by atoms with E-state index in [-0.39, 0.29) is 11.9 Å². The van der Waals surface area contributed by atoms with Crippen molar-refractivity contribution in [1.29, 1.82) is 0 Å². The molecular weight excluding hydrogens is 240 g/mol. The number of carbonyl (C=O) groups is 1. The van der Waals surface area contributed by atoms with Crippen LogP contribution in [0.4, 0.5) is 5.69 Å². The summed E-state index contributed by atoms with van der Waals surface area (Å²) in [6.45, 7) is 4.18. The van der Waals surface area contributed by atoms with Gasteiger partial charge in [0.15, 0.2) is 0 Å². The minimum absolute atomic E-state index is 0.142. The smallest absolute Gasteiger partial charge is 0.257 e. The monoisotopic (exact) mass is 264 g/mol. The van der Waals surface area contributed by atoms with Gasteiger partial charge < -0.3 is 15.8 Å². The van der Waals surface area contributed by atoms with E-state index in [2.05, 4.69) is 12.2 Å². The molecule has 1 aromatic rings. The summed E-state index contributed by atoms with van der Waals surface area (Å²) in [5.74, 6) is 0.345. The van der Waals surface area contributed by atoms with Gasteiger partial charge in [-0.3, -0.25) is 4.79 Å². The lowest BCUT2D eigenvalue weighted by Crippen LogP contribution is -2.33. The van der Waals surface area contributed by atoms with E-state index in [9.17, 15) is 4.79 Å². The quantitative estimate of drug-likeness (QED) is 0.588. The Morgan fingerprint density at radius 3 is 2.79 bits per heavy atom. The van der Waals surface area contributed by atoms with Gasteiger partial charge in [0.1, 0.15) is 11.3 Å². The average molecular weight is 264 g/mol. The molecule has 0 heterocycles. The first-order valence-electron chi connectivity index (χ1n) is 6.83. The highest BCUT2D eigenvalue weighted by Gasteiger charge is 2.17. The number of ether oxygens (including phenoxy) is 1. The number of rotatable bonds is 7. The largest absolute Gasteiger partial charge is 0.496 e. The van der Waals surface area contributed by atoms with E-state index in [1.165, 1.54) is 20.0 Å². The van der Waals surface area contributed by atoms with E-state index in [1.54, 1.807) is 18.2 Å². The van der Waals surface area contributed by atoms with E-state index in [1.807, 2.05) is 6.92 Å². The number of anilines is 1. The number of methoxy groups -OCH3 is 1. The number of nitrogens with two attached hydrogens (primary N) is 1. The molecule has 0 aliphatic heterocycles. The molecule has 0 aromatic heterocycles. The Hall–Kier alpha value is -1.71. The molecule has 3 N–H and O–H groups in total. The van der Waals surface area contributed by atoms with Gasteiger partial charge in [-0.05, 0) is 25.5 Å². The molecule has 0 aliphatic rings. The van der Waals surface area contributed by atoms with Gasteiger partial charge in [-0.15, -0.1) is 0 Å². The second-order valence-electron chi connectivity index (χ2n) is 4.79. The third kappa shape index (κ3) is 4.47. The summed E-state index contributed by atoms with van der Waals surface area (Å²) >= 11 is 0. The Kier molecular flexibility index (Phi) is 6.19. The van der Waals surface area contributed by atoms with Gasteiger partial charge in [-0.1, -0.05) is 32.3 Å². The van der Waals surface area contributed by atoms with Crippen LogP contribution < -0.4 is 15.8 Å². The average Bonchev–Trinajstić information content (AvgIpc) is 2.38. The van der Waals surface area contributed by atoms with E-state index in [4.69, 9.17) is 10.5 Å². The third-order valence-corrected chi connectivity index (χ3v) is 3.12. The SMILES string of the molecule is CCCCCC(C)NC(=O)c1c(N)cccc1OC. The third-order valence-electron chi connectivity index (χ3n) is 3.12. The van der Waals surface area contributed by atoms with Gasteiger partial charge in [0.2, 0.25) is 0 Å². The van der Waals surface area contributed by atoms with E-state index >= 15 is 0 Å². The number of nitrogen functional groups attached to an aromatic ring is 1. The van der Waals surface area contributed by atoms with Crippen molar-refractivity contribution in [3.05, 3.63) is 23.8 Å². The first kappa shape index (κ1) is 15.3. The standard InChI is InChI=1S/C15H24N2O2/c1-4-5-6-8-11(2)17-15(18)14-12(16)9-7-10-13(14)19-3/h7,9-11H,4-6,8,16H2,1-3H3,(H,17,18). The van der Waals surface area contributed by atoms with E-state index in [0.29, 0.717) is 17.0 Å². The number of unbranched alkanes of at least 4 members (excludes halogenated alkanes) is 2. The predicted octanol–water partition coefficient (Wildman–Crippen LogP) is 2.98. The van der Waals surface area contributed by atoms with Crippen LogP contribution in [0.2, 0.25) is 0 Å². The van der Waals surface area contributed by atoms with Crippen molar-refractivity contribution in [1.82, 2.24) is 5.32 Å². The minimum atomic E-state index is -0.168. The highest BCUT2D eigenvalue weighted by molar-refractivity contribution is 6.02. The maximum Gasteiger partial charge on any atom is 0.257 e. The summed E-state index contributed by atoms with van der Waals surface area (Å²) in [5.41, 5.74) is 6.72. The highest BCUT2D eigenvalue weighted by Crippen LogP contribution is 2.24. The van der Waals surface area contributed by atoms with Crippen LogP contribution in [0, 0.1) is 0 Å². The summed E-state index contributed by atoms with van der Waals surface area (Å²) < 4.78 is 5.19. The number of hydrogen-bond acceptors (Lipinski definition) is 3. The molecule has 0 fully saturated rings. The van der Waals surface area contributed by atoms with E-state index < -0.39 is 0 Å². The van der Waals surface area contributed by atoms with E-state index in [0.717, 1.165) is 12.8 Å². The van der Waals surface area contributed by atoms with Crippen molar-refractivity contribution in [2.45, 2.75) is 45.6 Å². The molecule has 0 radical (unpaired) electrons. The van der Waals surface area contributed by atoms with Crippen LogP contribution in [-0.2, 0) is 0 Å². The fraction of sp³-hybridized carbons (Fsp3) is 0.533. The first-order valence-corrected chi connectivity index (χ1v) is 6.83. The summed E-state index contributed by atoms with van der Waals surface area (Å²) in [4.78, 5) is 12.2. The molecule has 0 saturated heterocycles. The van der Waals surface area contributed by atoms with Crippen molar-refractivity contribution >= 4 is 11.6 Å². The second-order valence-corrected chi connectivity index (χ2v) is 4.79. The molecule has 1 atom stereocenters. The fourth-order valence-corrected chi connectivity index (χ4v) is 2.03. The summed E-state index contributed by atoms with van der Waals surface area (Å²) in [6, 6.07) is 5.37. The predicted molar refractivity (Wildman–Crippen MR) is 78.5 cm³/mol. The number of hydrogen-bond donors (Lipinski definition) is 2. The number of nitrogens with one attached hydrogen (secondary N) is 1. The molecule has 4 nitrogen and oxygen atoms in total. The van der Waals surface area contributed by atoms with Crippen molar-refractivity contribution in [3.8, 4) is 5.75 Å². The Balaban J connectivity index is 2.67. The van der Waals surface area contributed by atoms with Gasteiger partial charge >= 0.3 is 0 Å². The van der Waals surface area contributed by atoms with Gasteiger partial charge in [0.05, 0.1) is 7.11 Å².